The van der Waals surface area contributed by atoms with Crippen LogP contribution in [0.5, 0.6) is 11.5 Å². The summed E-state index contributed by atoms with van der Waals surface area (Å²) in [6.45, 7) is 4.11. The number of nitrogens with zero attached hydrogens (tertiary/aromatic N) is 2. The molecule has 1 spiro atoms. The molecule has 1 aliphatic heterocycles. The molecule has 0 amide bonds. The Morgan fingerprint density at radius 2 is 0.862 bits per heavy atom. The van der Waals surface area contributed by atoms with Crippen LogP contribution < -0.4 is 4.74 Å². The van der Waals surface area contributed by atoms with Crippen LogP contribution in [0.4, 0.5) is 0 Å². The summed E-state index contributed by atoms with van der Waals surface area (Å²) in [6.07, 6.45) is 0. The van der Waals surface area contributed by atoms with E-state index >= 15 is 0 Å². The van der Waals surface area contributed by atoms with E-state index in [2.05, 4.69) is 159 Å². The van der Waals surface area contributed by atoms with Gasteiger partial charge in [-0.2, -0.15) is 0 Å². The molecule has 0 unspecified atom stereocenters. The molecule has 10 aromatic rings. The van der Waals surface area contributed by atoms with Crippen LogP contribution in [0.2, 0.25) is 0 Å². The van der Waals surface area contributed by atoms with Crippen LogP contribution in [0.25, 0.3) is 78.5 Å². The third kappa shape index (κ3) is 4.83. The number of fused-ring (bicyclic) bond motifs is 11. The van der Waals surface area contributed by atoms with E-state index in [1.807, 2.05) is 24.3 Å². The third-order valence-corrected chi connectivity index (χ3v) is 11.9. The lowest BCUT2D eigenvalue weighted by atomic mass is 9.66. The number of ether oxygens (including phenoxy) is 1. The van der Waals surface area contributed by atoms with Crippen molar-refractivity contribution in [2.45, 2.75) is 19.3 Å². The lowest BCUT2D eigenvalue weighted by molar-refractivity contribution is 0.436. The molecule has 5 heteroatoms. The Labute approximate surface area is 334 Å². The van der Waals surface area contributed by atoms with Gasteiger partial charge in [0.2, 0.25) is 11.8 Å². The van der Waals surface area contributed by atoms with E-state index in [0.717, 1.165) is 89.3 Å². The van der Waals surface area contributed by atoms with Crippen LogP contribution in [0.3, 0.4) is 0 Å². The first kappa shape index (κ1) is 32.7. The molecule has 2 aromatic heterocycles. The predicted octanol–water partition coefficient (Wildman–Crippen LogP) is 13.7. The first-order chi connectivity index (χ1) is 28.5. The van der Waals surface area contributed by atoms with Crippen LogP contribution in [0.15, 0.2) is 179 Å². The zero-order valence-electron chi connectivity index (χ0n) is 31.8. The van der Waals surface area contributed by atoms with Gasteiger partial charge in [0.05, 0.1) is 5.41 Å². The van der Waals surface area contributed by atoms with Gasteiger partial charge in [0, 0.05) is 22.3 Å². The summed E-state index contributed by atoms with van der Waals surface area (Å²) < 4.78 is 19.3. The van der Waals surface area contributed by atoms with E-state index in [4.69, 9.17) is 23.5 Å². The topological polar surface area (TPSA) is 61.3 Å². The van der Waals surface area contributed by atoms with Gasteiger partial charge < -0.3 is 13.6 Å². The smallest absolute Gasteiger partial charge is 0.227 e. The van der Waals surface area contributed by atoms with Gasteiger partial charge in [-0.1, -0.05) is 109 Å². The van der Waals surface area contributed by atoms with E-state index in [9.17, 15) is 0 Å². The second-order valence-corrected chi connectivity index (χ2v) is 15.5. The Kier molecular flexibility index (Phi) is 6.91. The molecular formula is C53H34N2O3. The monoisotopic (exact) mass is 746 g/mol. The molecule has 2 aliphatic rings. The zero-order chi connectivity index (χ0) is 38.5. The fourth-order valence-corrected chi connectivity index (χ4v) is 9.24. The summed E-state index contributed by atoms with van der Waals surface area (Å²) in [4.78, 5) is 9.77. The molecule has 0 atom stereocenters. The normalized spacial score (nSPS) is 13.3. The number of para-hydroxylation sites is 2. The third-order valence-electron chi connectivity index (χ3n) is 11.9. The van der Waals surface area contributed by atoms with E-state index in [1.54, 1.807) is 0 Å². The Balaban J connectivity index is 0.989. The summed E-state index contributed by atoms with van der Waals surface area (Å²) in [7, 11) is 0. The van der Waals surface area contributed by atoms with Crippen molar-refractivity contribution in [1.82, 2.24) is 9.97 Å². The highest BCUT2D eigenvalue weighted by Gasteiger charge is 2.51. The highest BCUT2D eigenvalue weighted by Crippen LogP contribution is 2.62. The molecule has 0 saturated heterocycles. The average molecular weight is 747 g/mol. The minimum atomic E-state index is -0.517. The van der Waals surface area contributed by atoms with Gasteiger partial charge in [0.15, 0.2) is 11.2 Å². The molecule has 274 valence electrons. The molecule has 0 fully saturated rings. The molecule has 1 aliphatic carbocycles. The number of aryl methyl sites for hydroxylation is 2. The number of rotatable bonds is 4. The number of aromatic nitrogens is 2. The summed E-state index contributed by atoms with van der Waals surface area (Å²) >= 11 is 0. The van der Waals surface area contributed by atoms with Gasteiger partial charge in [0.25, 0.3) is 0 Å². The summed E-state index contributed by atoms with van der Waals surface area (Å²) in [6, 6.07) is 60.1. The minimum Gasteiger partial charge on any atom is -0.457 e. The Morgan fingerprint density at radius 3 is 1.47 bits per heavy atom. The molecule has 8 aromatic carbocycles. The Morgan fingerprint density at radius 1 is 0.379 bits per heavy atom. The fraction of sp³-hybridized carbons (Fsp3) is 0.0566. The molecule has 0 radical (unpaired) electrons. The van der Waals surface area contributed by atoms with Crippen molar-refractivity contribution in [3.63, 3.8) is 0 Å². The number of hydrogen-bond donors (Lipinski definition) is 0. The fourth-order valence-electron chi connectivity index (χ4n) is 9.24. The Bertz CT molecular complexity index is 3150. The molecule has 0 saturated carbocycles. The van der Waals surface area contributed by atoms with Crippen LogP contribution in [0.1, 0.15) is 33.4 Å². The van der Waals surface area contributed by atoms with Gasteiger partial charge in [0.1, 0.15) is 22.5 Å². The van der Waals surface area contributed by atoms with E-state index in [-0.39, 0.29) is 0 Å². The van der Waals surface area contributed by atoms with Crippen LogP contribution in [-0.4, -0.2) is 9.97 Å². The first-order valence-electron chi connectivity index (χ1n) is 19.6. The highest BCUT2D eigenvalue weighted by atomic mass is 16.5. The number of hydrogen-bond acceptors (Lipinski definition) is 5. The molecule has 12 rings (SSSR count). The minimum absolute atomic E-state index is 0.517. The molecule has 0 N–H and O–H groups in total. The number of benzene rings is 8. The lowest BCUT2D eigenvalue weighted by Gasteiger charge is -2.39. The Hall–Kier alpha value is -7.50. The quantitative estimate of drug-likeness (QED) is 0.179. The van der Waals surface area contributed by atoms with Gasteiger partial charge in [-0.05, 0) is 130 Å². The van der Waals surface area contributed by atoms with Gasteiger partial charge >= 0.3 is 0 Å². The van der Waals surface area contributed by atoms with Gasteiger partial charge in [-0.3, -0.25) is 0 Å². The maximum atomic E-state index is 6.56. The second kappa shape index (κ2) is 12.2. The van der Waals surface area contributed by atoms with E-state index in [1.165, 1.54) is 22.3 Å². The number of oxazole rings is 2. The van der Waals surface area contributed by atoms with Crippen LogP contribution >= 0.6 is 0 Å². The SMILES string of the molecule is Cc1ccc2nc(-c3cc(-c4ccc(-c5ccc6c(c5)C5(c7ccccc7Oc7ccccc75)c5ccccc5-6)cc4)cc(-c4nc5ccc(C)cc5o4)c3)oc2c1. The maximum absolute atomic E-state index is 6.56. The molecule has 58 heavy (non-hydrogen) atoms. The van der Waals surface area contributed by atoms with E-state index in [0.29, 0.717) is 11.8 Å². The second-order valence-electron chi connectivity index (χ2n) is 15.5. The molecule has 0 bridgehead atoms. The van der Waals surface area contributed by atoms with Gasteiger partial charge in [-0.15, -0.1) is 0 Å². The highest BCUT2D eigenvalue weighted by molar-refractivity contribution is 5.91. The van der Waals surface area contributed by atoms with Crippen molar-refractivity contribution in [2.24, 2.45) is 0 Å². The summed E-state index contributed by atoms with van der Waals surface area (Å²) in [5.74, 6) is 2.88. The van der Waals surface area contributed by atoms with Crippen molar-refractivity contribution in [3.05, 3.63) is 203 Å². The maximum Gasteiger partial charge on any atom is 0.227 e. The zero-order valence-corrected chi connectivity index (χ0v) is 31.8. The van der Waals surface area contributed by atoms with Crippen LogP contribution in [-0.2, 0) is 5.41 Å². The molecule has 5 nitrogen and oxygen atoms in total. The lowest BCUT2D eigenvalue weighted by Crippen LogP contribution is -2.32. The van der Waals surface area contributed by atoms with Crippen molar-refractivity contribution in [1.29, 1.82) is 0 Å². The van der Waals surface area contributed by atoms with Crippen LogP contribution in [0, 0.1) is 13.8 Å². The summed E-state index contributed by atoms with van der Waals surface area (Å²) in [5, 5.41) is 0. The molecule has 3 heterocycles. The summed E-state index contributed by atoms with van der Waals surface area (Å²) in [5.41, 5.74) is 18.3. The van der Waals surface area contributed by atoms with E-state index < -0.39 is 5.41 Å². The van der Waals surface area contributed by atoms with Crippen molar-refractivity contribution >= 4 is 22.2 Å². The van der Waals surface area contributed by atoms with Gasteiger partial charge in [-0.25, -0.2) is 9.97 Å². The largest absolute Gasteiger partial charge is 0.457 e. The predicted molar refractivity (Wildman–Crippen MR) is 230 cm³/mol. The standard InChI is InChI=1S/C53H34N2O3/c1-31-15-23-45-49(25-31)57-51(54-45)37-27-36(28-38(29-37)52-55-46-24-16-32(2)26-50(46)58-52)34-19-17-33(18-20-34)35-21-22-40-39-9-3-4-10-41(39)53(44(40)30-35)42-11-5-7-13-47(42)56-48-14-8-6-12-43(48)53/h3-30H,1-2H3. The average Bonchev–Trinajstić information content (AvgIpc) is 3.97. The molecular weight excluding hydrogens is 713 g/mol. The van der Waals surface area contributed by atoms with Crippen molar-refractivity contribution in [3.8, 4) is 67.8 Å². The first-order valence-corrected chi connectivity index (χ1v) is 19.6. The van der Waals surface area contributed by atoms with Crippen molar-refractivity contribution < 1.29 is 13.6 Å². The van der Waals surface area contributed by atoms with Crippen molar-refractivity contribution in [2.75, 3.05) is 0 Å².